The van der Waals surface area contributed by atoms with Gasteiger partial charge in [-0.2, -0.15) is 0 Å². The molecule has 1 aromatic carbocycles. The molecule has 0 bridgehead atoms. The van der Waals surface area contributed by atoms with E-state index in [1.165, 1.54) is 11.3 Å². The maximum atomic E-state index is 11.0. The van der Waals surface area contributed by atoms with Crippen molar-refractivity contribution in [3.8, 4) is 5.75 Å². The van der Waals surface area contributed by atoms with Gasteiger partial charge in [-0.05, 0) is 24.6 Å². The number of rotatable bonds is 3. The Balaban J connectivity index is 1.99. The number of hydrogen-bond donors (Lipinski definition) is 1. The number of aromatic nitrogens is 1. The van der Waals surface area contributed by atoms with Crippen LogP contribution in [0.3, 0.4) is 0 Å². The second-order valence-electron chi connectivity index (χ2n) is 4.28. The second kappa shape index (κ2) is 5.41. The monoisotopic (exact) mass is 308 g/mol. The summed E-state index contributed by atoms with van der Waals surface area (Å²) >= 11 is 3.08. The van der Waals surface area contributed by atoms with Crippen LogP contribution in [0.15, 0.2) is 23.2 Å². The van der Waals surface area contributed by atoms with Crippen LogP contribution in [0.25, 0.3) is 10.2 Å². The van der Waals surface area contributed by atoms with Gasteiger partial charge < -0.3 is 9.84 Å². The third kappa shape index (κ3) is 2.51. The molecule has 0 aliphatic carbocycles. The minimum Gasteiger partial charge on any atom is -0.497 e. The van der Waals surface area contributed by atoms with E-state index in [-0.39, 0.29) is 0 Å². The molecule has 2 heterocycles. The summed E-state index contributed by atoms with van der Waals surface area (Å²) < 4.78 is 6.21. The van der Waals surface area contributed by atoms with E-state index in [0.29, 0.717) is 6.42 Å². The molecule has 0 saturated carbocycles. The van der Waals surface area contributed by atoms with Crippen molar-refractivity contribution in [2.75, 3.05) is 12.9 Å². The number of thioether (sulfide) groups is 1. The summed E-state index contributed by atoms with van der Waals surface area (Å²) in [5.41, 5.74) is 0.881. The van der Waals surface area contributed by atoms with E-state index in [2.05, 4.69) is 9.98 Å². The highest BCUT2D eigenvalue weighted by Crippen LogP contribution is 2.31. The molecule has 0 saturated heterocycles. The van der Waals surface area contributed by atoms with Crippen LogP contribution in [0.2, 0.25) is 0 Å². The van der Waals surface area contributed by atoms with Crippen LogP contribution < -0.4 is 4.74 Å². The fourth-order valence-corrected chi connectivity index (χ4v) is 4.02. The molecule has 1 atom stereocenters. The van der Waals surface area contributed by atoms with Gasteiger partial charge in [0, 0.05) is 5.75 Å². The summed E-state index contributed by atoms with van der Waals surface area (Å²) in [6.45, 7) is 0. The van der Waals surface area contributed by atoms with Crippen LogP contribution in [0.1, 0.15) is 11.4 Å². The number of benzene rings is 1. The minimum absolute atomic E-state index is 0.572. The SMILES string of the molecule is COc1ccc2nc(C3=NC(C(=O)O)CCS3)sc2c1. The molecule has 1 aliphatic heterocycles. The van der Waals surface area contributed by atoms with Gasteiger partial charge in [0.25, 0.3) is 0 Å². The number of aliphatic imine (C=N–C) groups is 1. The summed E-state index contributed by atoms with van der Waals surface area (Å²) in [4.78, 5) is 19.8. The fraction of sp³-hybridized carbons (Fsp3) is 0.308. The Morgan fingerprint density at radius 1 is 1.50 bits per heavy atom. The maximum Gasteiger partial charge on any atom is 0.328 e. The van der Waals surface area contributed by atoms with Crippen molar-refractivity contribution in [3.05, 3.63) is 23.2 Å². The Labute approximate surface area is 123 Å². The van der Waals surface area contributed by atoms with Crippen molar-refractivity contribution in [1.29, 1.82) is 0 Å². The largest absolute Gasteiger partial charge is 0.497 e. The van der Waals surface area contributed by atoms with Crippen LogP contribution in [0.5, 0.6) is 5.75 Å². The molecular formula is C13H12N2O3S2. The highest BCUT2D eigenvalue weighted by Gasteiger charge is 2.24. The van der Waals surface area contributed by atoms with E-state index >= 15 is 0 Å². The maximum absolute atomic E-state index is 11.0. The number of carbonyl (C=O) groups is 1. The van der Waals surface area contributed by atoms with Crippen LogP contribution in [-0.2, 0) is 4.79 Å². The molecule has 104 valence electrons. The molecule has 1 N–H and O–H groups in total. The normalized spacial score (nSPS) is 18.9. The molecule has 0 spiro atoms. The lowest BCUT2D eigenvalue weighted by atomic mass is 10.2. The Bertz CT molecular complexity index is 696. The first-order chi connectivity index (χ1) is 9.67. The predicted octanol–water partition coefficient (Wildman–Crippen LogP) is 2.64. The second-order valence-corrected chi connectivity index (χ2v) is 6.39. The Hall–Kier alpha value is -1.60. The van der Waals surface area contributed by atoms with Gasteiger partial charge in [0.15, 0.2) is 0 Å². The molecular weight excluding hydrogens is 296 g/mol. The van der Waals surface area contributed by atoms with Gasteiger partial charge in [-0.25, -0.2) is 9.78 Å². The molecule has 0 amide bonds. The van der Waals surface area contributed by atoms with Crippen molar-refractivity contribution in [2.45, 2.75) is 12.5 Å². The molecule has 7 heteroatoms. The molecule has 1 aromatic heterocycles. The van der Waals surface area contributed by atoms with Gasteiger partial charge >= 0.3 is 5.97 Å². The Morgan fingerprint density at radius 3 is 3.10 bits per heavy atom. The zero-order valence-corrected chi connectivity index (χ0v) is 12.3. The number of hydrogen-bond acceptors (Lipinski definition) is 6. The molecule has 0 fully saturated rings. The van der Waals surface area contributed by atoms with Gasteiger partial charge in [-0.1, -0.05) is 0 Å². The van der Waals surface area contributed by atoms with E-state index in [1.807, 2.05) is 18.2 Å². The van der Waals surface area contributed by atoms with Crippen LogP contribution in [0, 0.1) is 0 Å². The first-order valence-corrected chi connectivity index (χ1v) is 7.86. The van der Waals surface area contributed by atoms with Crippen LogP contribution >= 0.6 is 23.1 Å². The number of ether oxygens (including phenoxy) is 1. The first kappa shape index (κ1) is 13.4. The summed E-state index contributed by atoms with van der Waals surface area (Å²) in [5.74, 6) is 0.676. The third-order valence-electron chi connectivity index (χ3n) is 2.97. The lowest BCUT2D eigenvalue weighted by Crippen LogP contribution is -2.23. The van der Waals surface area contributed by atoms with Gasteiger partial charge in [0.2, 0.25) is 0 Å². The van der Waals surface area contributed by atoms with Gasteiger partial charge in [0.1, 0.15) is 21.8 Å². The molecule has 1 aliphatic rings. The summed E-state index contributed by atoms with van der Waals surface area (Å²) in [5, 5.41) is 10.6. The average molecular weight is 308 g/mol. The number of aliphatic carboxylic acids is 1. The van der Waals surface area contributed by atoms with Gasteiger partial charge in [-0.3, -0.25) is 4.99 Å². The number of thiazole rings is 1. The highest BCUT2D eigenvalue weighted by molar-refractivity contribution is 8.14. The Kier molecular flexibility index (Phi) is 3.62. The number of carboxylic acid groups (broad SMARTS) is 1. The van der Waals surface area contributed by atoms with E-state index in [0.717, 1.165) is 31.8 Å². The van der Waals surface area contributed by atoms with E-state index in [1.54, 1.807) is 18.9 Å². The topological polar surface area (TPSA) is 71.8 Å². The molecule has 5 nitrogen and oxygen atoms in total. The van der Waals surface area contributed by atoms with E-state index in [4.69, 9.17) is 9.84 Å². The predicted molar refractivity (Wildman–Crippen MR) is 81.2 cm³/mol. The standard InChI is InChI=1S/C13H12N2O3S2/c1-18-7-2-3-8-10(6-7)20-12(14-8)11-15-9(13(16)17)4-5-19-11/h2-3,6,9H,4-5H2,1H3,(H,16,17). The Morgan fingerprint density at radius 2 is 2.35 bits per heavy atom. The van der Waals surface area contributed by atoms with E-state index in [9.17, 15) is 4.79 Å². The lowest BCUT2D eigenvalue weighted by Gasteiger charge is -2.14. The molecule has 20 heavy (non-hydrogen) atoms. The van der Waals surface area contributed by atoms with Crippen molar-refractivity contribution < 1.29 is 14.6 Å². The molecule has 1 unspecified atom stereocenters. The van der Waals surface area contributed by atoms with Crippen molar-refractivity contribution in [1.82, 2.24) is 4.98 Å². The number of nitrogens with zero attached hydrogens (tertiary/aromatic N) is 2. The molecule has 3 rings (SSSR count). The number of methoxy groups -OCH3 is 1. The minimum atomic E-state index is -0.870. The number of carboxylic acids is 1. The fourth-order valence-electron chi connectivity index (χ4n) is 1.93. The molecule has 0 radical (unpaired) electrons. The first-order valence-electron chi connectivity index (χ1n) is 6.06. The zero-order chi connectivity index (χ0) is 14.1. The zero-order valence-electron chi connectivity index (χ0n) is 10.7. The van der Waals surface area contributed by atoms with Crippen molar-refractivity contribution >= 4 is 44.3 Å². The smallest absolute Gasteiger partial charge is 0.328 e. The average Bonchev–Trinajstić information content (AvgIpc) is 2.90. The van der Waals surface area contributed by atoms with Gasteiger partial charge in [0.05, 0.1) is 17.3 Å². The van der Waals surface area contributed by atoms with E-state index < -0.39 is 12.0 Å². The summed E-state index contributed by atoms with van der Waals surface area (Å²) in [6, 6.07) is 5.05. The van der Waals surface area contributed by atoms with Crippen molar-refractivity contribution in [2.24, 2.45) is 4.99 Å². The van der Waals surface area contributed by atoms with Crippen molar-refractivity contribution in [3.63, 3.8) is 0 Å². The lowest BCUT2D eigenvalue weighted by molar-refractivity contribution is -0.138. The summed E-state index contributed by atoms with van der Waals surface area (Å²) in [7, 11) is 1.63. The van der Waals surface area contributed by atoms with Gasteiger partial charge in [-0.15, -0.1) is 23.1 Å². The quantitative estimate of drug-likeness (QED) is 0.943. The third-order valence-corrected chi connectivity index (χ3v) is 5.13. The highest BCUT2D eigenvalue weighted by atomic mass is 32.2. The summed E-state index contributed by atoms with van der Waals surface area (Å²) in [6.07, 6.45) is 0.572. The molecule has 2 aromatic rings. The number of fused-ring (bicyclic) bond motifs is 1. The van der Waals surface area contributed by atoms with Crippen LogP contribution in [0.4, 0.5) is 0 Å². The van der Waals surface area contributed by atoms with Crippen LogP contribution in [-0.4, -0.2) is 40.0 Å².